The molecule has 0 N–H and O–H groups in total. The van der Waals surface area contributed by atoms with E-state index in [1.54, 1.807) is 0 Å². The van der Waals surface area contributed by atoms with Crippen molar-refractivity contribution >= 4 is 91.3 Å². The Bertz CT molecular complexity index is 3830. The maximum absolute atomic E-state index is 2.44. The van der Waals surface area contributed by atoms with E-state index in [1.165, 1.54) is 125 Å². The van der Waals surface area contributed by atoms with Gasteiger partial charge in [-0.3, -0.25) is 0 Å². The summed E-state index contributed by atoms with van der Waals surface area (Å²) >= 11 is 3.69. The van der Waals surface area contributed by atoms with E-state index in [1.807, 2.05) is 23.5 Å². The van der Waals surface area contributed by atoms with Gasteiger partial charge in [0.2, 0.25) is 0 Å². The Labute approximate surface area is 423 Å². The van der Waals surface area contributed by atoms with Gasteiger partial charge < -0.3 is 9.80 Å². The van der Waals surface area contributed by atoms with Gasteiger partial charge in [-0.1, -0.05) is 207 Å². The summed E-state index contributed by atoms with van der Waals surface area (Å²) in [5.41, 5.74) is 19.8. The van der Waals surface area contributed by atoms with Crippen LogP contribution in [-0.4, -0.2) is 0 Å². The van der Waals surface area contributed by atoms with Crippen LogP contribution >= 0.6 is 23.5 Å². The number of para-hydroxylation sites is 4. The number of rotatable bonds is 6. The molecule has 2 aliphatic heterocycles. The summed E-state index contributed by atoms with van der Waals surface area (Å²) in [5.74, 6) is 0. The largest absolute Gasteiger partial charge is 0.308 e. The molecule has 0 radical (unpaired) electrons. The van der Waals surface area contributed by atoms with E-state index in [0.29, 0.717) is 0 Å². The maximum Gasteiger partial charge on any atom is 0.0601 e. The summed E-state index contributed by atoms with van der Waals surface area (Å²) in [5, 5.41) is 5.01. The fourth-order valence-electron chi connectivity index (χ4n) is 11.4. The molecule has 0 amide bonds. The minimum Gasteiger partial charge on any atom is -0.308 e. The van der Waals surface area contributed by atoms with E-state index >= 15 is 0 Å². The highest BCUT2D eigenvalue weighted by Gasteiger charge is 2.37. The summed E-state index contributed by atoms with van der Waals surface area (Å²) < 4.78 is 0. The predicted octanol–water partition coefficient (Wildman–Crippen LogP) is 19.7. The smallest absolute Gasteiger partial charge is 0.0601 e. The second-order valence-corrected chi connectivity index (χ2v) is 21.4. The molecule has 1 aliphatic carbocycles. The summed E-state index contributed by atoms with van der Waals surface area (Å²) in [4.78, 5) is 9.93. The van der Waals surface area contributed by atoms with Gasteiger partial charge in [-0.05, 0) is 150 Å². The van der Waals surface area contributed by atoms with Gasteiger partial charge >= 0.3 is 0 Å². The van der Waals surface area contributed by atoms with Crippen molar-refractivity contribution in [3.63, 3.8) is 0 Å². The van der Waals surface area contributed by atoms with Crippen molar-refractivity contribution in [1.29, 1.82) is 0 Å². The van der Waals surface area contributed by atoms with Gasteiger partial charge in [0.25, 0.3) is 0 Å². The average Bonchev–Trinajstić information content (AvgIpc) is 3.64. The molecule has 336 valence electrons. The first-order chi connectivity index (χ1) is 35.0. The Hall–Kier alpha value is -8.02. The van der Waals surface area contributed by atoms with Gasteiger partial charge in [0.1, 0.15) is 0 Å². The van der Waals surface area contributed by atoms with Crippen molar-refractivity contribution in [2.75, 3.05) is 9.80 Å². The van der Waals surface area contributed by atoms with Crippen LogP contribution in [0.25, 0.3) is 67.1 Å². The predicted molar refractivity (Wildman–Crippen MR) is 303 cm³/mol. The molecule has 0 fully saturated rings. The molecule has 4 heteroatoms. The van der Waals surface area contributed by atoms with Crippen LogP contribution in [0.3, 0.4) is 0 Å². The highest BCUT2D eigenvalue weighted by atomic mass is 32.2. The molecule has 2 heterocycles. The molecular formula is C67H46N2S2. The fourth-order valence-corrected chi connectivity index (χ4v) is 13.5. The number of anilines is 6. The van der Waals surface area contributed by atoms with Crippen molar-refractivity contribution < 1.29 is 0 Å². The van der Waals surface area contributed by atoms with Crippen LogP contribution in [0.1, 0.15) is 36.1 Å². The third-order valence-electron chi connectivity index (χ3n) is 14.8. The van der Waals surface area contributed by atoms with E-state index in [2.05, 4.69) is 266 Å². The first-order valence-electron chi connectivity index (χ1n) is 24.4. The summed E-state index contributed by atoms with van der Waals surface area (Å²) in [6.45, 7) is 4.76. The zero-order chi connectivity index (χ0) is 47.2. The highest BCUT2D eigenvalue weighted by Crippen LogP contribution is 2.56. The van der Waals surface area contributed by atoms with Crippen LogP contribution < -0.4 is 9.80 Å². The topological polar surface area (TPSA) is 6.48 Å². The first kappa shape index (κ1) is 41.9. The Morgan fingerprint density at radius 2 is 0.690 bits per heavy atom. The lowest BCUT2D eigenvalue weighted by atomic mass is 9.81. The summed E-state index contributed by atoms with van der Waals surface area (Å²) in [6.07, 6.45) is 4.52. The molecule has 14 rings (SSSR count). The summed E-state index contributed by atoms with van der Waals surface area (Å²) in [6, 6.07) is 85.2. The van der Waals surface area contributed by atoms with Gasteiger partial charge in [-0.15, -0.1) is 0 Å². The molecule has 3 aliphatic rings. The number of hydrogen-bond donors (Lipinski definition) is 0. The Morgan fingerprint density at radius 1 is 0.338 bits per heavy atom. The molecule has 0 aromatic heterocycles. The lowest BCUT2D eigenvalue weighted by Gasteiger charge is -2.33. The van der Waals surface area contributed by atoms with Crippen molar-refractivity contribution in [3.8, 4) is 33.4 Å². The maximum atomic E-state index is 2.44. The van der Waals surface area contributed by atoms with Crippen LogP contribution in [0.4, 0.5) is 34.1 Å². The first-order valence-corrected chi connectivity index (χ1v) is 26.0. The molecule has 0 saturated heterocycles. The zero-order valence-electron chi connectivity index (χ0n) is 39.3. The lowest BCUT2D eigenvalue weighted by molar-refractivity contribution is 0.660. The monoisotopic (exact) mass is 942 g/mol. The summed E-state index contributed by atoms with van der Waals surface area (Å²) in [7, 11) is 0. The molecule has 0 unspecified atom stereocenters. The molecule has 0 saturated carbocycles. The van der Waals surface area contributed by atoms with E-state index in [0.717, 1.165) is 5.69 Å². The highest BCUT2D eigenvalue weighted by molar-refractivity contribution is 8.00. The quantitative estimate of drug-likeness (QED) is 0.121. The van der Waals surface area contributed by atoms with E-state index in [9.17, 15) is 0 Å². The second kappa shape index (κ2) is 16.6. The van der Waals surface area contributed by atoms with Crippen molar-refractivity contribution in [2.24, 2.45) is 0 Å². The Kier molecular flexibility index (Phi) is 9.77. The van der Waals surface area contributed by atoms with Crippen molar-refractivity contribution in [3.05, 3.63) is 253 Å². The van der Waals surface area contributed by atoms with Crippen molar-refractivity contribution in [1.82, 2.24) is 0 Å². The average molecular weight is 943 g/mol. The SMILES string of the molecule is CC1(C)c2cc(/C=C/c3ccc(-c4c5ccccc5c(-c5ccc(N6c7ccccc7Sc7ccccc76)cc5)c5ccccc45)cc3)ccc2-c2ccc(N3c4ccccc4Sc4ccccc43)cc21. The number of fused-ring (bicyclic) bond motifs is 9. The number of nitrogens with zero attached hydrogens (tertiary/aromatic N) is 2. The molecule has 11 aromatic rings. The van der Waals surface area contributed by atoms with Crippen LogP contribution in [0.15, 0.2) is 250 Å². The third kappa shape index (κ3) is 6.81. The van der Waals surface area contributed by atoms with Gasteiger partial charge in [-0.25, -0.2) is 0 Å². The molecule has 0 atom stereocenters. The molecule has 71 heavy (non-hydrogen) atoms. The standard InChI is InChI=1S/C67H46N2S2/c1-67(2)55-41-44(31-39-49(55)50-40-38-48(42-56(50)67)69-59-21-9-13-25-63(59)71-64-26-14-10-22-60(64)69)28-27-43-29-32-45(33-30-43)65-51-15-3-5-17-53(51)66(54-18-6-4-16-52(54)65)46-34-36-47(37-35-46)68-57-19-7-11-23-61(57)70-62-24-12-8-20-58(62)68/h3-42H,1-2H3/b28-27+. The van der Waals surface area contributed by atoms with Crippen molar-refractivity contribution in [2.45, 2.75) is 38.8 Å². The van der Waals surface area contributed by atoms with Crippen LogP contribution in [0.5, 0.6) is 0 Å². The van der Waals surface area contributed by atoms with Crippen LogP contribution in [0, 0.1) is 0 Å². The van der Waals surface area contributed by atoms with E-state index in [-0.39, 0.29) is 5.41 Å². The second-order valence-electron chi connectivity index (χ2n) is 19.2. The van der Waals surface area contributed by atoms with Gasteiger partial charge in [0, 0.05) is 36.4 Å². The van der Waals surface area contributed by atoms with E-state index in [4.69, 9.17) is 0 Å². The zero-order valence-corrected chi connectivity index (χ0v) is 40.9. The minimum absolute atomic E-state index is 0.160. The van der Waals surface area contributed by atoms with Gasteiger partial charge in [-0.2, -0.15) is 0 Å². The number of hydrogen-bond acceptors (Lipinski definition) is 4. The van der Waals surface area contributed by atoms with Crippen LogP contribution in [0.2, 0.25) is 0 Å². The fraction of sp³-hybridized carbons (Fsp3) is 0.0448. The molecule has 2 nitrogen and oxygen atoms in total. The molecule has 11 aromatic carbocycles. The third-order valence-corrected chi connectivity index (χ3v) is 17.1. The van der Waals surface area contributed by atoms with Gasteiger partial charge in [0.15, 0.2) is 0 Å². The minimum atomic E-state index is -0.160. The Balaban J connectivity index is 0.767. The number of benzene rings is 11. The Morgan fingerprint density at radius 3 is 1.17 bits per heavy atom. The molecule has 0 spiro atoms. The van der Waals surface area contributed by atoms with Crippen LogP contribution in [-0.2, 0) is 5.41 Å². The molecular weight excluding hydrogens is 897 g/mol. The van der Waals surface area contributed by atoms with Gasteiger partial charge in [0.05, 0.1) is 22.7 Å². The normalized spacial score (nSPS) is 13.9. The lowest BCUT2D eigenvalue weighted by Crippen LogP contribution is -2.18. The van der Waals surface area contributed by atoms with E-state index < -0.39 is 0 Å². The molecule has 0 bridgehead atoms.